The number of benzene rings is 1. The van der Waals surface area contributed by atoms with Gasteiger partial charge in [-0.25, -0.2) is 0 Å². The Bertz CT molecular complexity index is 172. The number of hydrogen-bond acceptors (Lipinski definition) is 2. The molecule has 0 fully saturated rings. The molecule has 0 heterocycles. The number of rotatable bonds is 0. The van der Waals surface area contributed by atoms with Crippen molar-refractivity contribution < 1.29 is 10.2 Å². The summed E-state index contributed by atoms with van der Waals surface area (Å²) < 4.78 is 0. The normalized spacial score (nSPS) is 8.00. The third-order valence-corrected chi connectivity index (χ3v) is 0.743. The van der Waals surface area contributed by atoms with Gasteiger partial charge in [-0.05, 0) is 0 Å². The minimum atomic E-state index is -0.417. The molecule has 0 amide bonds. The van der Waals surface area contributed by atoms with E-state index >= 15 is 0 Å². The minimum Gasteiger partial charge on any atom is -0.872 e. The maximum absolute atomic E-state index is 10.3. The van der Waals surface area contributed by atoms with Gasteiger partial charge < -0.3 is 10.2 Å². The Morgan fingerprint density at radius 3 is 1.58 bits per heavy atom. The van der Waals surface area contributed by atoms with Gasteiger partial charge in [0, 0.05) is 0 Å². The summed E-state index contributed by atoms with van der Waals surface area (Å²) >= 11 is 0. The molecule has 0 aliphatic heterocycles. The zero-order valence-corrected chi connectivity index (χ0v) is 8.90. The molecule has 0 bridgehead atoms. The van der Waals surface area contributed by atoms with E-state index in [1.54, 1.807) is 26.0 Å². The van der Waals surface area contributed by atoms with E-state index in [0.29, 0.717) is 0 Å². The van der Waals surface area contributed by atoms with Crippen LogP contribution in [0.2, 0.25) is 0 Å². The minimum absolute atomic E-state index is 0. The third-order valence-electron chi connectivity index (χ3n) is 0.743. The van der Waals surface area contributed by atoms with E-state index in [4.69, 9.17) is 0 Å². The molecule has 0 aliphatic rings. The number of hydrogen-bond donors (Lipinski definition) is 0. The van der Waals surface area contributed by atoms with Gasteiger partial charge in [0.05, 0.1) is 0 Å². The molecule has 0 saturated carbocycles. The monoisotopic (exact) mass is 176 g/mol. The Kier molecular flexibility index (Phi) is 10.5. The first-order valence-corrected chi connectivity index (χ1v) is 3.51. The maximum Gasteiger partial charge on any atom is 2.00 e. The van der Waals surface area contributed by atoms with Crippen LogP contribution < -0.4 is 10.2 Å². The van der Waals surface area contributed by atoms with E-state index in [-0.39, 0.29) is 28.8 Å². The van der Waals surface area contributed by atoms with Crippen LogP contribution in [0.1, 0.15) is 13.8 Å². The zero-order chi connectivity index (χ0) is 8.69. The van der Waals surface area contributed by atoms with E-state index in [9.17, 15) is 10.2 Å². The Morgan fingerprint density at radius 2 is 1.42 bits per heavy atom. The van der Waals surface area contributed by atoms with Gasteiger partial charge in [0.2, 0.25) is 0 Å². The van der Waals surface area contributed by atoms with Gasteiger partial charge in [-0.2, -0.15) is 0 Å². The van der Waals surface area contributed by atoms with E-state index in [2.05, 4.69) is 0 Å². The van der Waals surface area contributed by atoms with Crippen LogP contribution >= 0.6 is 0 Å². The molecule has 62 valence electrons. The molecule has 0 aliphatic carbocycles. The van der Waals surface area contributed by atoms with Gasteiger partial charge in [0.25, 0.3) is 0 Å². The van der Waals surface area contributed by atoms with Crippen LogP contribution in [-0.2, 0) is 0 Å². The molecule has 12 heavy (non-hydrogen) atoms. The van der Waals surface area contributed by atoms with E-state index in [1.165, 1.54) is 12.1 Å². The van der Waals surface area contributed by atoms with Crippen molar-refractivity contribution in [2.45, 2.75) is 20.0 Å². The predicted octanol–water partition coefficient (Wildman–Crippen LogP) is 0.134. The van der Waals surface area contributed by atoms with Crippen LogP contribution in [-0.4, -0.2) is 29.2 Å². The molecule has 0 aromatic heterocycles. The zero-order valence-electron chi connectivity index (χ0n) is 7.49. The Hall–Kier alpha value is -0.254. The van der Waals surface area contributed by atoms with Crippen molar-refractivity contribution in [1.29, 1.82) is 0 Å². The molecule has 0 unspecified atom stereocenters. The molecule has 0 N–H and O–H groups in total. The average Bonchev–Trinajstić information content (AvgIpc) is 1.87. The maximum atomic E-state index is 10.3. The smallest absolute Gasteiger partial charge is 0.872 e. The average molecular weight is 176 g/mol. The van der Waals surface area contributed by atoms with E-state index in [0.717, 1.165) is 0 Å². The van der Waals surface area contributed by atoms with Crippen molar-refractivity contribution in [2.24, 2.45) is 0 Å². The molecular weight excluding hydrogens is 164 g/mol. The fourth-order valence-corrected chi connectivity index (χ4v) is 0.420. The van der Waals surface area contributed by atoms with E-state index in [1.807, 2.05) is 6.07 Å². The summed E-state index contributed by atoms with van der Waals surface area (Å²) in [6, 6.07) is 8.33. The van der Waals surface area contributed by atoms with Gasteiger partial charge in [-0.1, -0.05) is 44.2 Å². The molecule has 0 atom stereocenters. The third kappa shape index (κ3) is 12.4. The van der Waals surface area contributed by atoms with Crippen LogP contribution in [0.4, 0.5) is 0 Å². The predicted molar refractivity (Wildman–Crippen MR) is 46.8 cm³/mol. The Morgan fingerprint density at radius 1 is 1.08 bits per heavy atom. The summed E-state index contributed by atoms with van der Waals surface area (Å²) in [6.07, 6.45) is -0.417. The molecule has 1 aromatic carbocycles. The summed E-state index contributed by atoms with van der Waals surface area (Å²) in [5, 5.41) is 19.8. The largest absolute Gasteiger partial charge is 2.00 e. The van der Waals surface area contributed by atoms with Gasteiger partial charge in [-0.3, -0.25) is 0 Å². The fourth-order valence-electron chi connectivity index (χ4n) is 0.420. The molecule has 1 rings (SSSR count). The molecule has 1 aromatic rings. The van der Waals surface area contributed by atoms with Crippen LogP contribution in [0.15, 0.2) is 30.3 Å². The van der Waals surface area contributed by atoms with Crippen LogP contribution in [0.25, 0.3) is 0 Å². The second-order valence-electron chi connectivity index (χ2n) is 2.36. The standard InChI is InChI=1S/C6H6O.C3H7O.Mg/c7-6-4-2-1-3-5-6;1-3(2)4;/h1-5,7H;3H,1-2H3;/q;-1;+2/p-1. The molecular formula is C9H12MgO2. The van der Waals surface area contributed by atoms with Gasteiger partial charge in [-0.15, -0.1) is 11.9 Å². The van der Waals surface area contributed by atoms with Crippen molar-refractivity contribution >= 4 is 23.1 Å². The fraction of sp³-hybridized carbons (Fsp3) is 0.333. The molecule has 0 spiro atoms. The first-order chi connectivity index (χ1) is 5.13. The Labute approximate surface area is 89.4 Å². The second-order valence-corrected chi connectivity index (χ2v) is 2.36. The first kappa shape index (κ1) is 14.3. The van der Waals surface area contributed by atoms with Crippen LogP contribution in [0.3, 0.4) is 0 Å². The molecule has 3 heteroatoms. The van der Waals surface area contributed by atoms with Crippen molar-refractivity contribution in [1.82, 2.24) is 0 Å². The Balaban J connectivity index is 0. The summed E-state index contributed by atoms with van der Waals surface area (Å²) in [4.78, 5) is 0. The first-order valence-electron chi connectivity index (χ1n) is 3.51. The van der Waals surface area contributed by atoms with Gasteiger partial charge in [0.1, 0.15) is 0 Å². The van der Waals surface area contributed by atoms with Crippen molar-refractivity contribution in [3.05, 3.63) is 30.3 Å². The summed E-state index contributed by atoms with van der Waals surface area (Å²) in [6.45, 7) is 3.22. The van der Waals surface area contributed by atoms with Crippen LogP contribution in [0.5, 0.6) is 5.75 Å². The molecule has 0 saturated heterocycles. The van der Waals surface area contributed by atoms with Crippen molar-refractivity contribution in [2.75, 3.05) is 0 Å². The van der Waals surface area contributed by atoms with Crippen molar-refractivity contribution in [3.63, 3.8) is 0 Å². The van der Waals surface area contributed by atoms with E-state index < -0.39 is 6.10 Å². The summed E-state index contributed by atoms with van der Waals surface area (Å²) in [7, 11) is 0. The van der Waals surface area contributed by atoms with Gasteiger partial charge >= 0.3 is 23.1 Å². The SMILES string of the molecule is CC(C)[O-].[Mg+2].[O-]c1ccccc1. The quantitative estimate of drug-likeness (QED) is 0.528. The van der Waals surface area contributed by atoms with Crippen molar-refractivity contribution in [3.8, 4) is 5.75 Å². The van der Waals surface area contributed by atoms with Crippen LogP contribution in [0, 0.1) is 0 Å². The molecule has 2 nitrogen and oxygen atoms in total. The summed E-state index contributed by atoms with van der Waals surface area (Å²) in [5.41, 5.74) is 0. The van der Waals surface area contributed by atoms with Gasteiger partial charge in [0.15, 0.2) is 0 Å². The second kappa shape index (κ2) is 8.84. The number of para-hydroxylation sites is 1. The molecule has 0 radical (unpaired) electrons. The summed E-state index contributed by atoms with van der Waals surface area (Å²) in [5.74, 6) is 0.0718. The topological polar surface area (TPSA) is 46.1 Å².